The molecule has 0 saturated carbocycles. The summed E-state index contributed by atoms with van der Waals surface area (Å²) in [5.74, 6) is -1.14. The Balaban J connectivity index is 4.68. The Hall–Kier alpha value is -2.04. The maximum absolute atomic E-state index is 13.4. The number of hydrazine groups is 1. The van der Waals surface area contributed by atoms with E-state index in [1.54, 1.807) is 6.92 Å². The van der Waals surface area contributed by atoms with Gasteiger partial charge in [0, 0.05) is 19.5 Å². The van der Waals surface area contributed by atoms with Gasteiger partial charge in [-0.25, -0.2) is 10.2 Å². The van der Waals surface area contributed by atoms with Crippen molar-refractivity contribution in [1.29, 1.82) is 0 Å². The molecule has 0 spiro atoms. The van der Waals surface area contributed by atoms with E-state index in [1.165, 1.54) is 0 Å². The number of amides is 3. The van der Waals surface area contributed by atoms with Gasteiger partial charge < -0.3 is 15.4 Å². The normalized spacial score (nSPS) is 12.8. The molecule has 0 heterocycles. The number of nitrogens with one attached hydrogen (secondary N) is 4. The Kier molecular flexibility index (Phi) is 11.5. The van der Waals surface area contributed by atoms with Gasteiger partial charge in [-0.15, -0.1) is 0 Å². The topological polar surface area (TPSA) is 109 Å². The van der Waals surface area contributed by atoms with E-state index >= 15 is 0 Å². The SMILES string of the molecule is CCCOC(=O)NC(C(=O)NCCCNNC(=O)CCC)C(C)(C)C(F)(F)F. The van der Waals surface area contributed by atoms with Crippen LogP contribution in [0.25, 0.3) is 0 Å². The van der Waals surface area contributed by atoms with E-state index < -0.39 is 29.6 Å². The number of hydrogen-bond acceptors (Lipinski definition) is 5. The quantitative estimate of drug-likeness (QED) is 0.290. The van der Waals surface area contributed by atoms with Crippen molar-refractivity contribution in [2.24, 2.45) is 5.41 Å². The number of hydrogen-bond donors (Lipinski definition) is 4. The molecule has 0 saturated heterocycles. The Morgan fingerprint density at radius 3 is 2.21 bits per heavy atom. The van der Waals surface area contributed by atoms with Crippen LogP contribution < -0.4 is 21.5 Å². The molecule has 0 fully saturated rings. The van der Waals surface area contributed by atoms with Gasteiger partial charge in [0.15, 0.2) is 0 Å². The minimum Gasteiger partial charge on any atom is -0.450 e. The van der Waals surface area contributed by atoms with E-state index in [0.29, 0.717) is 32.2 Å². The molecule has 3 amide bonds. The first-order valence-electron chi connectivity index (χ1n) is 9.26. The summed E-state index contributed by atoms with van der Waals surface area (Å²) in [5, 5.41) is 4.39. The lowest BCUT2D eigenvalue weighted by molar-refractivity contribution is -0.220. The first-order valence-corrected chi connectivity index (χ1v) is 9.26. The zero-order valence-electron chi connectivity index (χ0n) is 16.8. The van der Waals surface area contributed by atoms with Crippen molar-refractivity contribution < 1.29 is 32.3 Å². The Morgan fingerprint density at radius 1 is 1.04 bits per heavy atom. The Bertz CT molecular complexity index is 513. The maximum atomic E-state index is 13.4. The molecule has 0 rings (SSSR count). The van der Waals surface area contributed by atoms with Gasteiger partial charge in [-0.1, -0.05) is 13.8 Å². The summed E-state index contributed by atoms with van der Waals surface area (Å²) in [6.07, 6.45) is -3.88. The second-order valence-corrected chi connectivity index (χ2v) is 6.80. The summed E-state index contributed by atoms with van der Waals surface area (Å²) >= 11 is 0. The van der Waals surface area contributed by atoms with E-state index in [2.05, 4.69) is 16.2 Å². The first-order chi connectivity index (χ1) is 13.0. The summed E-state index contributed by atoms with van der Waals surface area (Å²) in [5.41, 5.74) is 2.62. The summed E-state index contributed by atoms with van der Waals surface area (Å²) in [7, 11) is 0. The third kappa shape index (κ3) is 9.25. The third-order valence-electron chi connectivity index (χ3n) is 3.90. The van der Waals surface area contributed by atoms with E-state index in [9.17, 15) is 27.6 Å². The molecule has 0 aliphatic heterocycles. The molecule has 0 aliphatic carbocycles. The van der Waals surface area contributed by atoms with Gasteiger partial charge in [0.1, 0.15) is 6.04 Å². The zero-order chi connectivity index (χ0) is 21.8. The Labute approximate surface area is 163 Å². The molecule has 0 radical (unpaired) electrons. The number of alkyl halides is 3. The van der Waals surface area contributed by atoms with Crippen molar-refractivity contribution in [2.45, 2.75) is 65.6 Å². The van der Waals surface area contributed by atoms with Crippen molar-refractivity contribution >= 4 is 17.9 Å². The smallest absolute Gasteiger partial charge is 0.407 e. The summed E-state index contributed by atoms with van der Waals surface area (Å²) in [4.78, 5) is 35.2. The molecular weight excluding hydrogens is 381 g/mol. The maximum Gasteiger partial charge on any atom is 0.407 e. The van der Waals surface area contributed by atoms with E-state index in [-0.39, 0.29) is 19.1 Å². The first kappa shape index (κ1) is 26.0. The number of carbonyl (C=O) groups is 3. The molecule has 0 aromatic carbocycles. The lowest BCUT2D eigenvalue weighted by Gasteiger charge is -2.35. The fraction of sp³-hybridized carbons (Fsp3) is 0.824. The standard InChI is InChI=1S/C17H31F3N4O4/c1-5-8-12(25)24-22-10-7-9-21-14(26)13(16(3,4)17(18,19)20)23-15(27)28-11-6-2/h13,22H,5-11H2,1-4H3,(H,21,26)(H,23,27)(H,24,25). The van der Waals surface area contributed by atoms with Crippen LogP contribution in [-0.4, -0.2) is 49.8 Å². The summed E-state index contributed by atoms with van der Waals surface area (Å²) < 4.78 is 44.8. The minimum absolute atomic E-state index is 0.0298. The van der Waals surface area contributed by atoms with Crippen LogP contribution in [0.5, 0.6) is 0 Å². The van der Waals surface area contributed by atoms with Crippen LogP contribution in [0, 0.1) is 5.41 Å². The molecule has 11 heteroatoms. The molecule has 28 heavy (non-hydrogen) atoms. The number of carbonyl (C=O) groups excluding carboxylic acids is 3. The highest BCUT2D eigenvalue weighted by molar-refractivity contribution is 5.86. The molecule has 1 atom stereocenters. The van der Waals surface area contributed by atoms with E-state index in [0.717, 1.165) is 13.8 Å². The van der Waals surface area contributed by atoms with Gasteiger partial charge in [-0.05, 0) is 33.1 Å². The molecule has 8 nitrogen and oxygen atoms in total. The van der Waals surface area contributed by atoms with Crippen molar-refractivity contribution in [3.05, 3.63) is 0 Å². The predicted molar refractivity (Wildman–Crippen MR) is 97.1 cm³/mol. The van der Waals surface area contributed by atoms with Crippen LogP contribution in [0.15, 0.2) is 0 Å². The average molecular weight is 412 g/mol. The molecule has 0 aromatic heterocycles. The minimum atomic E-state index is -4.72. The fourth-order valence-electron chi connectivity index (χ4n) is 2.03. The molecule has 0 aromatic rings. The third-order valence-corrected chi connectivity index (χ3v) is 3.90. The van der Waals surface area contributed by atoms with Crippen molar-refractivity contribution in [3.8, 4) is 0 Å². The largest absolute Gasteiger partial charge is 0.450 e. The molecule has 164 valence electrons. The second-order valence-electron chi connectivity index (χ2n) is 6.80. The van der Waals surface area contributed by atoms with E-state index in [1.807, 2.05) is 12.2 Å². The van der Waals surface area contributed by atoms with Crippen LogP contribution in [0.3, 0.4) is 0 Å². The van der Waals surface area contributed by atoms with Crippen LogP contribution in [0.2, 0.25) is 0 Å². The fourth-order valence-corrected chi connectivity index (χ4v) is 2.03. The van der Waals surface area contributed by atoms with Crippen molar-refractivity contribution in [3.63, 3.8) is 0 Å². The number of rotatable bonds is 12. The van der Waals surface area contributed by atoms with Crippen molar-refractivity contribution in [2.75, 3.05) is 19.7 Å². The highest BCUT2D eigenvalue weighted by Gasteiger charge is 2.55. The molecule has 0 aliphatic rings. The van der Waals surface area contributed by atoms with Crippen LogP contribution in [0.4, 0.5) is 18.0 Å². The monoisotopic (exact) mass is 412 g/mol. The predicted octanol–water partition coefficient (Wildman–Crippen LogP) is 2.01. The van der Waals surface area contributed by atoms with Gasteiger partial charge >= 0.3 is 12.3 Å². The lowest BCUT2D eigenvalue weighted by atomic mass is 9.83. The number of ether oxygens (including phenoxy) is 1. The van der Waals surface area contributed by atoms with Gasteiger partial charge in [0.25, 0.3) is 0 Å². The van der Waals surface area contributed by atoms with Gasteiger partial charge in [0.05, 0.1) is 12.0 Å². The highest BCUT2D eigenvalue weighted by Crippen LogP contribution is 2.40. The molecule has 4 N–H and O–H groups in total. The van der Waals surface area contributed by atoms with Crippen LogP contribution >= 0.6 is 0 Å². The molecular formula is C17H31F3N4O4. The van der Waals surface area contributed by atoms with Crippen LogP contribution in [0.1, 0.15) is 53.4 Å². The Morgan fingerprint density at radius 2 is 1.68 bits per heavy atom. The number of halogens is 3. The van der Waals surface area contributed by atoms with Gasteiger partial charge in [0.2, 0.25) is 11.8 Å². The second kappa shape index (κ2) is 12.4. The van der Waals surface area contributed by atoms with Gasteiger partial charge in [-0.2, -0.15) is 13.2 Å². The van der Waals surface area contributed by atoms with Gasteiger partial charge in [-0.3, -0.25) is 15.0 Å². The molecule has 0 bridgehead atoms. The van der Waals surface area contributed by atoms with Crippen LogP contribution in [-0.2, 0) is 14.3 Å². The lowest BCUT2D eigenvalue weighted by Crippen LogP contribution is -2.59. The highest BCUT2D eigenvalue weighted by atomic mass is 19.4. The average Bonchev–Trinajstić information content (AvgIpc) is 2.59. The molecule has 1 unspecified atom stereocenters. The summed E-state index contributed by atoms with van der Waals surface area (Å²) in [6, 6.07) is -1.85. The van der Waals surface area contributed by atoms with E-state index in [4.69, 9.17) is 4.74 Å². The zero-order valence-corrected chi connectivity index (χ0v) is 16.8. The van der Waals surface area contributed by atoms with Crippen molar-refractivity contribution in [1.82, 2.24) is 21.5 Å². The number of alkyl carbamates (subject to hydrolysis) is 1. The summed E-state index contributed by atoms with van der Waals surface area (Å²) in [6.45, 7) is 5.67.